The molecule has 0 aliphatic heterocycles. The second-order valence-electron chi connectivity index (χ2n) is 4.51. The number of phosphoric ester groups is 1. The molecule has 0 saturated heterocycles. The van der Waals surface area contributed by atoms with Gasteiger partial charge in [0.25, 0.3) is 0 Å². The molecule has 4 nitrogen and oxygen atoms in total. The van der Waals surface area contributed by atoms with Gasteiger partial charge in [0.2, 0.25) is 0 Å². The van der Waals surface area contributed by atoms with Gasteiger partial charge in [-0.05, 0) is 6.42 Å². The Bertz CT molecular complexity index is 208. The molecule has 0 fully saturated rings. The van der Waals surface area contributed by atoms with E-state index in [1.807, 2.05) is 0 Å². The van der Waals surface area contributed by atoms with E-state index in [1.54, 1.807) is 0 Å². The molecule has 6 heteroatoms. The number of unbranched alkanes of at least 4 members (excludes halogenated alkanes) is 9. The molecule has 0 aromatic heterocycles. The van der Waals surface area contributed by atoms with E-state index in [1.165, 1.54) is 44.9 Å². The molecule has 106 valence electrons. The Morgan fingerprint density at radius 2 is 1.22 bits per heavy atom. The summed E-state index contributed by atoms with van der Waals surface area (Å²) in [5.41, 5.74) is 0. The molecule has 0 saturated carbocycles. The molecule has 0 unspecified atom stereocenters. The van der Waals surface area contributed by atoms with Gasteiger partial charge in [-0.2, -0.15) is 0 Å². The van der Waals surface area contributed by atoms with Crippen molar-refractivity contribution in [1.29, 1.82) is 0 Å². The summed E-state index contributed by atoms with van der Waals surface area (Å²) in [6, 6.07) is 0. The fourth-order valence-electron chi connectivity index (χ4n) is 1.77. The molecule has 2 N–H and O–H groups in total. The number of hydrogen-bond acceptors (Lipinski definition) is 2. The Kier molecular flexibility index (Phi) is 17.1. The molecule has 0 aromatic rings. The Labute approximate surface area is 132 Å². The maximum atomic E-state index is 10.4. The summed E-state index contributed by atoms with van der Waals surface area (Å²) in [4.78, 5) is 16.9. The number of phosphoric acid groups is 1. The molecule has 18 heavy (non-hydrogen) atoms. The fraction of sp³-hybridized carbons (Fsp3) is 1.00. The molecular weight excluding hydrogens is 440 g/mol. The monoisotopic (exact) mass is 468 g/mol. The van der Waals surface area contributed by atoms with Crippen LogP contribution < -0.4 is 0 Å². The van der Waals surface area contributed by atoms with E-state index >= 15 is 0 Å². The predicted molar refractivity (Wildman–Crippen MR) is 69.8 cm³/mol. The van der Waals surface area contributed by atoms with Gasteiger partial charge in [0, 0.05) is 27.7 Å². The summed E-state index contributed by atoms with van der Waals surface area (Å²) in [6.07, 6.45) is 12.0. The largest absolute Gasteiger partial charge is 0.469 e. The molecule has 0 aromatic carbocycles. The van der Waals surface area contributed by atoms with Crippen LogP contribution in [-0.2, 0) is 36.8 Å². The van der Waals surface area contributed by atoms with Crippen molar-refractivity contribution >= 4 is 7.82 Å². The van der Waals surface area contributed by atoms with Gasteiger partial charge >= 0.3 is 7.82 Å². The van der Waals surface area contributed by atoms with Crippen LogP contribution >= 0.6 is 7.82 Å². The van der Waals surface area contributed by atoms with Crippen molar-refractivity contribution in [2.75, 3.05) is 6.61 Å². The topological polar surface area (TPSA) is 66.8 Å². The fourth-order valence-corrected chi connectivity index (χ4v) is 2.14. The number of hydrogen-bond donors (Lipinski definition) is 2. The molecular formula is C12H27HgO4P. The summed E-state index contributed by atoms with van der Waals surface area (Å²) in [5.74, 6) is 0. The summed E-state index contributed by atoms with van der Waals surface area (Å²) >= 11 is 0. The van der Waals surface area contributed by atoms with Crippen molar-refractivity contribution in [2.24, 2.45) is 0 Å². The van der Waals surface area contributed by atoms with Crippen LogP contribution in [0.5, 0.6) is 0 Å². The van der Waals surface area contributed by atoms with E-state index in [0.717, 1.165) is 19.3 Å². The first-order valence-electron chi connectivity index (χ1n) is 6.76. The first-order chi connectivity index (χ1) is 8.06. The standard InChI is InChI=1S/C12H27O4P.Hg/c1-2-3-4-5-6-7-8-9-10-11-12-16-17(13,14)15;/h2-12H2,1H3,(H2,13,14,15);. The van der Waals surface area contributed by atoms with Crippen LogP contribution in [0, 0.1) is 0 Å². The summed E-state index contributed by atoms with van der Waals surface area (Å²) in [6.45, 7) is 2.39. The van der Waals surface area contributed by atoms with E-state index in [2.05, 4.69) is 11.4 Å². The molecule has 0 radical (unpaired) electrons. The third kappa shape index (κ3) is 19.4. The molecule has 0 amide bonds. The molecule has 0 aliphatic carbocycles. The third-order valence-electron chi connectivity index (χ3n) is 2.76. The quantitative estimate of drug-likeness (QED) is 0.259. The molecule has 0 spiro atoms. The zero-order valence-electron chi connectivity index (χ0n) is 11.6. The average molecular weight is 467 g/mol. The Hall–Kier alpha value is 1.05. The molecule has 0 rings (SSSR count). The van der Waals surface area contributed by atoms with Crippen molar-refractivity contribution in [2.45, 2.75) is 71.1 Å². The minimum Gasteiger partial charge on any atom is -0.303 e. The van der Waals surface area contributed by atoms with Crippen LogP contribution in [0.3, 0.4) is 0 Å². The second kappa shape index (κ2) is 14.5. The average Bonchev–Trinajstić information content (AvgIpc) is 2.24. The van der Waals surface area contributed by atoms with Gasteiger partial charge in [0.15, 0.2) is 0 Å². The first kappa shape index (κ1) is 21.3. The Morgan fingerprint density at radius 3 is 1.61 bits per heavy atom. The Morgan fingerprint density at radius 1 is 0.833 bits per heavy atom. The van der Waals surface area contributed by atoms with Crippen molar-refractivity contribution in [3.8, 4) is 0 Å². The first-order valence-corrected chi connectivity index (χ1v) is 8.29. The van der Waals surface area contributed by atoms with Gasteiger partial charge in [-0.15, -0.1) is 0 Å². The smallest absolute Gasteiger partial charge is 0.303 e. The summed E-state index contributed by atoms with van der Waals surface area (Å²) in [7, 11) is -4.24. The van der Waals surface area contributed by atoms with Gasteiger partial charge in [-0.3, -0.25) is 4.52 Å². The maximum Gasteiger partial charge on any atom is 0.469 e. The Balaban J connectivity index is 0. The van der Waals surface area contributed by atoms with Gasteiger partial charge in [-0.1, -0.05) is 64.7 Å². The van der Waals surface area contributed by atoms with Gasteiger partial charge in [0.05, 0.1) is 6.61 Å². The zero-order chi connectivity index (χ0) is 13.0. The SMILES string of the molecule is CCCCCCCCCCCCOP(=O)(O)O.[Hg]. The second-order valence-corrected chi connectivity index (χ2v) is 5.75. The molecule has 0 atom stereocenters. The van der Waals surface area contributed by atoms with E-state index in [-0.39, 0.29) is 34.3 Å². The normalized spacial score (nSPS) is 11.3. The van der Waals surface area contributed by atoms with Crippen molar-refractivity contribution in [3.63, 3.8) is 0 Å². The van der Waals surface area contributed by atoms with E-state index in [9.17, 15) is 4.57 Å². The van der Waals surface area contributed by atoms with E-state index in [4.69, 9.17) is 9.79 Å². The van der Waals surface area contributed by atoms with E-state index < -0.39 is 7.82 Å². The van der Waals surface area contributed by atoms with Crippen molar-refractivity contribution in [3.05, 3.63) is 0 Å². The van der Waals surface area contributed by atoms with Crippen molar-refractivity contribution in [1.82, 2.24) is 0 Å². The van der Waals surface area contributed by atoms with Gasteiger partial charge in [-0.25, -0.2) is 4.57 Å². The summed E-state index contributed by atoms with van der Waals surface area (Å²) in [5, 5.41) is 0. The van der Waals surface area contributed by atoms with Crippen molar-refractivity contribution < 1.29 is 46.5 Å². The van der Waals surface area contributed by atoms with Crippen LogP contribution in [0.4, 0.5) is 0 Å². The predicted octanol–water partition coefficient (Wildman–Crippen LogP) is 4.01. The minimum atomic E-state index is -4.24. The zero-order valence-corrected chi connectivity index (χ0v) is 18.0. The maximum absolute atomic E-state index is 10.4. The molecule has 0 bridgehead atoms. The van der Waals surface area contributed by atoms with Gasteiger partial charge < -0.3 is 9.79 Å². The van der Waals surface area contributed by atoms with Crippen LogP contribution in [0.2, 0.25) is 0 Å². The van der Waals surface area contributed by atoms with Crippen LogP contribution in [0.25, 0.3) is 0 Å². The number of rotatable bonds is 12. The summed E-state index contributed by atoms with van der Waals surface area (Å²) < 4.78 is 14.7. The molecule has 0 heterocycles. The van der Waals surface area contributed by atoms with Gasteiger partial charge in [0.1, 0.15) is 0 Å². The van der Waals surface area contributed by atoms with Crippen LogP contribution in [-0.4, -0.2) is 16.4 Å². The third-order valence-corrected chi connectivity index (χ3v) is 3.28. The van der Waals surface area contributed by atoms with E-state index in [0.29, 0.717) is 0 Å². The van der Waals surface area contributed by atoms with Crippen LogP contribution in [0.1, 0.15) is 71.1 Å². The molecule has 0 aliphatic rings. The minimum absolute atomic E-state index is 0. The van der Waals surface area contributed by atoms with Crippen LogP contribution in [0.15, 0.2) is 0 Å².